The van der Waals surface area contributed by atoms with Gasteiger partial charge >= 0.3 is 6.09 Å². The van der Waals surface area contributed by atoms with Gasteiger partial charge in [0.25, 0.3) is 0 Å². The fourth-order valence-corrected chi connectivity index (χ4v) is 0.808. The molecular formula is C11H21NO3. The van der Waals surface area contributed by atoms with Gasteiger partial charge in [0.05, 0.1) is 13.2 Å². The molecule has 0 fully saturated rings. The van der Waals surface area contributed by atoms with Crippen LogP contribution in [0, 0.1) is 0 Å². The summed E-state index contributed by atoms with van der Waals surface area (Å²) < 4.78 is 10.3. The van der Waals surface area contributed by atoms with Crippen molar-refractivity contribution >= 4 is 6.09 Å². The Labute approximate surface area is 91.6 Å². The molecule has 0 aliphatic heterocycles. The maximum Gasteiger partial charge on any atom is 0.407 e. The Balaban J connectivity index is 3.36. The number of rotatable bonds is 6. The lowest BCUT2D eigenvalue weighted by molar-refractivity contribution is 0.0500. The summed E-state index contributed by atoms with van der Waals surface area (Å²) in [6.45, 7) is 10.7. The summed E-state index contributed by atoms with van der Waals surface area (Å²) in [4.78, 5) is 11.1. The van der Waals surface area contributed by atoms with Gasteiger partial charge in [-0.25, -0.2) is 4.79 Å². The zero-order chi connectivity index (χ0) is 11.7. The lowest BCUT2D eigenvalue weighted by Gasteiger charge is -2.19. The Morgan fingerprint density at radius 2 is 2.07 bits per heavy atom. The van der Waals surface area contributed by atoms with Crippen LogP contribution in [-0.4, -0.2) is 31.5 Å². The van der Waals surface area contributed by atoms with Gasteiger partial charge in [0.1, 0.15) is 5.60 Å². The van der Waals surface area contributed by atoms with Crippen molar-refractivity contribution in [1.82, 2.24) is 5.32 Å². The SMILES string of the molecule is C=CCCOCCNC(=O)OC(C)(C)C. The molecule has 0 saturated heterocycles. The highest BCUT2D eigenvalue weighted by Crippen LogP contribution is 2.05. The van der Waals surface area contributed by atoms with E-state index in [1.54, 1.807) is 6.08 Å². The van der Waals surface area contributed by atoms with Gasteiger partial charge in [-0.1, -0.05) is 6.08 Å². The maximum atomic E-state index is 11.1. The van der Waals surface area contributed by atoms with Crippen LogP contribution in [0.2, 0.25) is 0 Å². The standard InChI is InChI=1S/C11H21NO3/c1-5-6-8-14-9-7-12-10(13)15-11(2,3)4/h5H,1,6-9H2,2-4H3,(H,12,13). The molecule has 4 nitrogen and oxygen atoms in total. The van der Waals surface area contributed by atoms with Crippen LogP contribution < -0.4 is 5.32 Å². The van der Waals surface area contributed by atoms with Crippen molar-refractivity contribution in [2.45, 2.75) is 32.8 Å². The first-order valence-electron chi connectivity index (χ1n) is 5.11. The fraction of sp³-hybridized carbons (Fsp3) is 0.727. The van der Waals surface area contributed by atoms with Crippen LogP contribution in [0.5, 0.6) is 0 Å². The van der Waals surface area contributed by atoms with E-state index in [9.17, 15) is 4.79 Å². The van der Waals surface area contributed by atoms with Crippen molar-refractivity contribution < 1.29 is 14.3 Å². The molecule has 0 rings (SSSR count). The molecule has 0 unspecified atom stereocenters. The van der Waals surface area contributed by atoms with E-state index >= 15 is 0 Å². The first kappa shape index (κ1) is 14.0. The third-order valence-electron chi connectivity index (χ3n) is 1.38. The number of hydrogen-bond acceptors (Lipinski definition) is 3. The van der Waals surface area contributed by atoms with Gasteiger partial charge in [0.2, 0.25) is 0 Å². The molecule has 0 spiro atoms. The van der Waals surface area contributed by atoms with Gasteiger partial charge in [0, 0.05) is 6.54 Å². The minimum absolute atomic E-state index is 0.408. The lowest BCUT2D eigenvalue weighted by Crippen LogP contribution is -2.34. The first-order valence-corrected chi connectivity index (χ1v) is 5.11. The van der Waals surface area contributed by atoms with Gasteiger partial charge in [-0.15, -0.1) is 6.58 Å². The number of carbonyl (C=O) groups is 1. The number of amides is 1. The molecule has 0 aromatic carbocycles. The van der Waals surface area contributed by atoms with Crippen LogP contribution in [0.4, 0.5) is 4.79 Å². The van der Waals surface area contributed by atoms with Crippen molar-refractivity contribution in [3.05, 3.63) is 12.7 Å². The molecule has 1 amide bonds. The number of nitrogens with one attached hydrogen (secondary N) is 1. The van der Waals surface area contributed by atoms with Crippen LogP contribution in [0.1, 0.15) is 27.2 Å². The van der Waals surface area contributed by atoms with E-state index in [0.717, 1.165) is 6.42 Å². The summed E-state index contributed by atoms with van der Waals surface area (Å²) in [5, 5.41) is 2.60. The summed E-state index contributed by atoms with van der Waals surface area (Å²) in [6.07, 6.45) is 2.21. The Hall–Kier alpha value is -1.03. The van der Waals surface area contributed by atoms with Crippen molar-refractivity contribution in [2.24, 2.45) is 0 Å². The topological polar surface area (TPSA) is 47.6 Å². The highest BCUT2D eigenvalue weighted by atomic mass is 16.6. The largest absolute Gasteiger partial charge is 0.444 e. The first-order chi connectivity index (χ1) is 6.95. The molecule has 0 aromatic heterocycles. The molecule has 0 heterocycles. The van der Waals surface area contributed by atoms with Crippen molar-refractivity contribution in [1.29, 1.82) is 0 Å². The second-order valence-electron chi connectivity index (χ2n) is 4.12. The summed E-state index contributed by atoms with van der Waals surface area (Å²) in [5.74, 6) is 0. The summed E-state index contributed by atoms with van der Waals surface area (Å²) >= 11 is 0. The van der Waals surface area contributed by atoms with Crippen LogP contribution in [-0.2, 0) is 9.47 Å². The predicted molar refractivity (Wildman–Crippen MR) is 59.9 cm³/mol. The third kappa shape index (κ3) is 10.9. The maximum absolute atomic E-state index is 11.1. The van der Waals surface area contributed by atoms with Gasteiger partial charge < -0.3 is 14.8 Å². The average molecular weight is 215 g/mol. The number of carbonyl (C=O) groups excluding carboxylic acids is 1. The average Bonchev–Trinajstić information content (AvgIpc) is 2.08. The molecule has 0 bridgehead atoms. The molecule has 0 aromatic rings. The van der Waals surface area contributed by atoms with Gasteiger partial charge in [-0.2, -0.15) is 0 Å². The molecule has 1 N–H and O–H groups in total. The normalized spacial score (nSPS) is 10.9. The van der Waals surface area contributed by atoms with E-state index in [1.165, 1.54) is 0 Å². The quantitative estimate of drug-likeness (QED) is 0.545. The minimum Gasteiger partial charge on any atom is -0.444 e. The molecule has 0 radical (unpaired) electrons. The van der Waals surface area contributed by atoms with Gasteiger partial charge in [-0.05, 0) is 27.2 Å². The molecule has 88 valence electrons. The predicted octanol–water partition coefficient (Wildman–Crippen LogP) is 2.10. The Kier molecular flexibility index (Phi) is 6.79. The van der Waals surface area contributed by atoms with E-state index in [1.807, 2.05) is 20.8 Å². The molecule has 0 atom stereocenters. The van der Waals surface area contributed by atoms with E-state index < -0.39 is 11.7 Å². The zero-order valence-corrected chi connectivity index (χ0v) is 9.84. The monoisotopic (exact) mass is 215 g/mol. The van der Waals surface area contributed by atoms with E-state index in [2.05, 4.69) is 11.9 Å². The number of alkyl carbamates (subject to hydrolysis) is 1. The van der Waals surface area contributed by atoms with Crippen molar-refractivity contribution in [3.63, 3.8) is 0 Å². The summed E-state index contributed by atoms with van der Waals surface area (Å²) in [5.41, 5.74) is -0.451. The van der Waals surface area contributed by atoms with Crippen LogP contribution in [0.15, 0.2) is 12.7 Å². The number of ether oxygens (including phenoxy) is 2. The van der Waals surface area contributed by atoms with E-state index in [4.69, 9.17) is 9.47 Å². The van der Waals surface area contributed by atoms with Crippen molar-refractivity contribution in [2.75, 3.05) is 19.8 Å². The molecule has 0 aliphatic rings. The lowest BCUT2D eigenvalue weighted by atomic mass is 10.2. The van der Waals surface area contributed by atoms with E-state index in [-0.39, 0.29) is 0 Å². The highest BCUT2D eigenvalue weighted by molar-refractivity contribution is 5.67. The van der Waals surface area contributed by atoms with Crippen LogP contribution >= 0.6 is 0 Å². The highest BCUT2D eigenvalue weighted by Gasteiger charge is 2.15. The fourth-order valence-electron chi connectivity index (χ4n) is 0.808. The third-order valence-corrected chi connectivity index (χ3v) is 1.38. The minimum atomic E-state index is -0.451. The zero-order valence-electron chi connectivity index (χ0n) is 9.84. The molecule has 4 heteroatoms. The van der Waals surface area contributed by atoms with E-state index in [0.29, 0.717) is 19.8 Å². The second-order valence-corrected chi connectivity index (χ2v) is 4.12. The number of hydrogen-bond donors (Lipinski definition) is 1. The molecular weight excluding hydrogens is 194 g/mol. The molecule has 0 saturated carbocycles. The van der Waals surface area contributed by atoms with Gasteiger partial charge in [0.15, 0.2) is 0 Å². The van der Waals surface area contributed by atoms with Crippen molar-refractivity contribution in [3.8, 4) is 0 Å². The molecule has 15 heavy (non-hydrogen) atoms. The summed E-state index contributed by atoms with van der Waals surface area (Å²) in [7, 11) is 0. The second kappa shape index (κ2) is 7.29. The Bertz CT molecular complexity index is 196. The molecule has 0 aliphatic carbocycles. The Morgan fingerprint density at radius 1 is 1.40 bits per heavy atom. The van der Waals surface area contributed by atoms with Crippen LogP contribution in [0.3, 0.4) is 0 Å². The summed E-state index contributed by atoms with van der Waals surface area (Å²) in [6, 6.07) is 0. The Morgan fingerprint density at radius 3 is 2.60 bits per heavy atom. The smallest absolute Gasteiger partial charge is 0.407 e. The van der Waals surface area contributed by atoms with Crippen LogP contribution in [0.25, 0.3) is 0 Å². The van der Waals surface area contributed by atoms with Gasteiger partial charge in [-0.3, -0.25) is 0 Å².